The molecule has 0 amide bonds. The molecule has 0 N–H and O–H groups in total. The lowest BCUT2D eigenvalue weighted by Crippen LogP contribution is -2.37. The van der Waals surface area contributed by atoms with E-state index in [1.54, 1.807) is 0 Å². The largest absolute Gasteiger partial charge is 0.379 e. The fourth-order valence-corrected chi connectivity index (χ4v) is 6.64. The molecule has 0 bridgehead atoms. The number of nitrogens with zero attached hydrogens (tertiary/aromatic N) is 5. The van der Waals surface area contributed by atoms with Crippen LogP contribution in [0.3, 0.4) is 0 Å². The average molecular weight is 504 g/mol. The molecular weight excluding hydrogens is 470 g/mol. The van der Waals surface area contributed by atoms with Crippen LogP contribution in [-0.4, -0.2) is 72.3 Å². The first kappa shape index (κ1) is 23.6. The number of morpholine rings is 2. The maximum Gasteiger partial charge on any atom is 0.156 e. The molecule has 3 aromatic heterocycles. The van der Waals surface area contributed by atoms with E-state index in [4.69, 9.17) is 19.6 Å². The highest BCUT2D eigenvalue weighted by Gasteiger charge is 2.26. The van der Waals surface area contributed by atoms with Crippen molar-refractivity contribution in [3.8, 4) is 17.1 Å². The zero-order valence-electron chi connectivity index (χ0n) is 21.2. The number of ether oxygens (including phenoxy) is 2. The van der Waals surface area contributed by atoms with Crippen molar-refractivity contribution in [2.24, 2.45) is 0 Å². The normalized spacial score (nSPS) is 18.1. The number of aromatic nitrogens is 3. The number of anilines is 1. The van der Waals surface area contributed by atoms with Crippen LogP contribution in [0.1, 0.15) is 29.0 Å². The van der Waals surface area contributed by atoms with Gasteiger partial charge in [-0.1, -0.05) is 23.8 Å². The van der Waals surface area contributed by atoms with Crippen molar-refractivity contribution in [3.05, 3.63) is 58.6 Å². The van der Waals surface area contributed by atoms with Gasteiger partial charge in [0.25, 0.3) is 0 Å². The molecule has 1 atom stereocenters. The van der Waals surface area contributed by atoms with Gasteiger partial charge < -0.3 is 14.4 Å². The molecule has 1 aromatic carbocycles. The van der Waals surface area contributed by atoms with Gasteiger partial charge in [-0.15, -0.1) is 11.3 Å². The Morgan fingerprint density at radius 2 is 1.69 bits per heavy atom. The first-order valence-electron chi connectivity index (χ1n) is 12.8. The van der Waals surface area contributed by atoms with Gasteiger partial charge in [0.1, 0.15) is 0 Å². The molecule has 6 rings (SSSR count). The molecule has 36 heavy (non-hydrogen) atoms. The van der Waals surface area contributed by atoms with Crippen molar-refractivity contribution in [2.45, 2.75) is 26.8 Å². The van der Waals surface area contributed by atoms with Gasteiger partial charge in [-0.3, -0.25) is 4.90 Å². The Labute approximate surface area is 216 Å². The minimum Gasteiger partial charge on any atom is -0.379 e. The maximum absolute atomic E-state index is 5.67. The van der Waals surface area contributed by atoms with Crippen LogP contribution in [0.25, 0.3) is 27.3 Å². The number of rotatable bonds is 5. The van der Waals surface area contributed by atoms with Gasteiger partial charge in [0.15, 0.2) is 5.82 Å². The summed E-state index contributed by atoms with van der Waals surface area (Å²) in [5, 5.41) is 4.92. The van der Waals surface area contributed by atoms with Crippen molar-refractivity contribution in [2.75, 3.05) is 57.5 Å². The van der Waals surface area contributed by atoms with Gasteiger partial charge in [-0.05, 0) is 38.5 Å². The molecule has 2 saturated heterocycles. The Morgan fingerprint density at radius 1 is 0.944 bits per heavy atom. The molecule has 2 aliphatic heterocycles. The monoisotopic (exact) mass is 503 g/mol. The van der Waals surface area contributed by atoms with E-state index in [1.807, 2.05) is 22.2 Å². The molecule has 2 fully saturated rings. The van der Waals surface area contributed by atoms with Crippen LogP contribution in [0.2, 0.25) is 0 Å². The Balaban J connectivity index is 1.44. The van der Waals surface area contributed by atoms with Crippen molar-refractivity contribution in [1.82, 2.24) is 19.7 Å². The quantitative estimate of drug-likeness (QED) is 0.382. The highest BCUT2D eigenvalue weighted by Crippen LogP contribution is 2.42. The summed E-state index contributed by atoms with van der Waals surface area (Å²) in [5.74, 6) is 0.856. The molecule has 0 spiro atoms. The van der Waals surface area contributed by atoms with Gasteiger partial charge in [0.05, 0.1) is 48.0 Å². The Morgan fingerprint density at radius 3 is 2.44 bits per heavy atom. The predicted molar refractivity (Wildman–Crippen MR) is 145 cm³/mol. The molecule has 1 unspecified atom stereocenters. The molecule has 5 heterocycles. The van der Waals surface area contributed by atoms with Crippen LogP contribution in [0, 0.1) is 13.8 Å². The third-order valence-electron chi connectivity index (χ3n) is 7.34. The fraction of sp³-hybridized carbons (Fsp3) is 0.429. The van der Waals surface area contributed by atoms with Crippen molar-refractivity contribution in [1.29, 1.82) is 0 Å². The van der Waals surface area contributed by atoms with Crippen LogP contribution in [0.4, 0.5) is 5.69 Å². The maximum atomic E-state index is 5.67. The number of thiophene rings is 1. The standard InChI is InChI=1S/C28H33N5O2S/c1-19-5-4-6-22(17-19)23-7-8-33(30-23)25-18-24(32-11-15-35-16-12-32)28-26(29-25)20(2)27(36-28)21(3)31-9-13-34-14-10-31/h4-8,17-18,21H,9-16H2,1-3H3. The van der Waals surface area contributed by atoms with E-state index in [9.17, 15) is 0 Å². The van der Waals surface area contributed by atoms with Gasteiger partial charge in [0.2, 0.25) is 0 Å². The summed E-state index contributed by atoms with van der Waals surface area (Å²) < 4.78 is 14.4. The molecule has 188 valence electrons. The third kappa shape index (κ3) is 4.43. The predicted octanol–water partition coefficient (Wildman–Crippen LogP) is 5.00. The summed E-state index contributed by atoms with van der Waals surface area (Å²) in [7, 11) is 0. The lowest BCUT2D eigenvalue weighted by Gasteiger charge is -2.32. The number of aryl methyl sites for hydroxylation is 2. The third-order valence-corrected chi connectivity index (χ3v) is 8.81. The molecule has 0 aliphatic carbocycles. The van der Waals surface area contributed by atoms with E-state index in [2.05, 4.69) is 67.0 Å². The van der Waals surface area contributed by atoms with Crippen LogP contribution >= 0.6 is 11.3 Å². The first-order valence-corrected chi connectivity index (χ1v) is 13.6. The van der Waals surface area contributed by atoms with Crippen LogP contribution < -0.4 is 4.90 Å². The Hall–Kier alpha value is -2.78. The van der Waals surface area contributed by atoms with Crippen LogP contribution in [-0.2, 0) is 9.47 Å². The van der Waals surface area contributed by atoms with Crippen molar-refractivity contribution in [3.63, 3.8) is 0 Å². The number of fused-ring (bicyclic) bond motifs is 1. The van der Waals surface area contributed by atoms with Crippen molar-refractivity contribution < 1.29 is 9.47 Å². The zero-order valence-corrected chi connectivity index (χ0v) is 22.1. The number of hydrogen-bond acceptors (Lipinski definition) is 7. The summed E-state index contributed by atoms with van der Waals surface area (Å²) in [5.41, 5.74) is 6.90. The van der Waals surface area contributed by atoms with E-state index < -0.39 is 0 Å². The highest BCUT2D eigenvalue weighted by molar-refractivity contribution is 7.20. The summed E-state index contributed by atoms with van der Waals surface area (Å²) in [6.45, 7) is 13.5. The number of hydrogen-bond donors (Lipinski definition) is 0. The minimum absolute atomic E-state index is 0.340. The average Bonchev–Trinajstić information content (AvgIpc) is 3.54. The molecule has 2 aliphatic rings. The van der Waals surface area contributed by atoms with E-state index in [0.29, 0.717) is 6.04 Å². The number of pyridine rings is 1. The van der Waals surface area contributed by atoms with Gasteiger partial charge in [-0.2, -0.15) is 5.10 Å². The molecular formula is C28H33N5O2S. The lowest BCUT2D eigenvalue weighted by atomic mass is 10.1. The Bertz CT molecular complexity index is 1370. The van der Waals surface area contributed by atoms with Crippen LogP contribution in [0.5, 0.6) is 0 Å². The van der Waals surface area contributed by atoms with E-state index in [1.165, 1.54) is 26.4 Å². The second-order valence-corrected chi connectivity index (χ2v) is 10.8. The second kappa shape index (κ2) is 9.94. The van der Waals surface area contributed by atoms with E-state index in [0.717, 1.165) is 75.2 Å². The lowest BCUT2D eigenvalue weighted by molar-refractivity contribution is 0.0204. The molecule has 0 saturated carbocycles. The van der Waals surface area contributed by atoms with Gasteiger partial charge in [-0.25, -0.2) is 9.67 Å². The van der Waals surface area contributed by atoms with Gasteiger partial charge >= 0.3 is 0 Å². The number of benzene rings is 1. The second-order valence-electron chi connectivity index (χ2n) is 9.71. The summed E-state index contributed by atoms with van der Waals surface area (Å²) >= 11 is 1.90. The molecule has 0 radical (unpaired) electrons. The SMILES string of the molecule is Cc1cccc(-c2ccn(-c3cc(N4CCOCC4)c4sc(C(C)N5CCOCC5)c(C)c4n3)n2)c1. The molecule has 4 aromatic rings. The topological polar surface area (TPSA) is 55.7 Å². The molecule has 7 nitrogen and oxygen atoms in total. The molecule has 8 heteroatoms. The van der Waals surface area contributed by atoms with E-state index >= 15 is 0 Å². The van der Waals surface area contributed by atoms with E-state index in [-0.39, 0.29) is 0 Å². The smallest absolute Gasteiger partial charge is 0.156 e. The van der Waals surface area contributed by atoms with Crippen molar-refractivity contribution >= 4 is 27.2 Å². The Kier molecular flexibility index (Phi) is 6.52. The van der Waals surface area contributed by atoms with Crippen LogP contribution in [0.15, 0.2) is 42.6 Å². The summed E-state index contributed by atoms with van der Waals surface area (Å²) in [4.78, 5) is 11.5. The first-order chi connectivity index (χ1) is 17.6. The highest BCUT2D eigenvalue weighted by atomic mass is 32.1. The fourth-order valence-electron chi connectivity index (χ4n) is 5.26. The minimum atomic E-state index is 0.340. The zero-order chi connectivity index (χ0) is 24.6. The van der Waals surface area contributed by atoms with Gasteiger partial charge in [0, 0.05) is 54.9 Å². The summed E-state index contributed by atoms with van der Waals surface area (Å²) in [6.07, 6.45) is 2.02. The summed E-state index contributed by atoms with van der Waals surface area (Å²) in [6, 6.07) is 13.1.